The highest BCUT2D eigenvalue weighted by Gasteiger charge is 2.20. The molecule has 0 saturated heterocycles. The first-order valence-electron chi connectivity index (χ1n) is 5.67. The Balaban J connectivity index is 3.08. The van der Waals surface area contributed by atoms with Crippen molar-refractivity contribution in [2.75, 3.05) is 6.54 Å². The molecule has 0 spiro atoms. The maximum atomic E-state index is 12.1. The van der Waals surface area contributed by atoms with Crippen LogP contribution in [-0.2, 0) is 9.84 Å². The molecule has 1 N–H and O–H groups in total. The fraction of sp³-hybridized carbons (Fsp3) is 0.308. The number of benzene rings is 1. The van der Waals surface area contributed by atoms with Crippen molar-refractivity contribution >= 4 is 9.84 Å². The first-order valence-corrected chi connectivity index (χ1v) is 7.16. The highest BCUT2D eigenvalue weighted by atomic mass is 32.2. The Kier molecular flexibility index (Phi) is 4.93. The van der Waals surface area contributed by atoms with Crippen molar-refractivity contribution in [3.05, 3.63) is 40.9 Å². The van der Waals surface area contributed by atoms with Gasteiger partial charge in [0.1, 0.15) is 6.07 Å². The number of hydrogen-bond acceptors (Lipinski definition) is 4. The lowest BCUT2D eigenvalue weighted by molar-refractivity contribution is 0.602. The van der Waals surface area contributed by atoms with Crippen LogP contribution in [0.1, 0.15) is 18.9 Å². The van der Waals surface area contributed by atoms with E-state index in [1.165, 1.54) is 18.3 Å². The van der Waals surface area contributed by atoms with Gasteiger partial charge < -0.3 is 5.32 Å². The first kappa shape index (κ1) is 14.3. The van der Waals surface area contributed by atoms with Crippen LogP contribution >= 0.6 is 0 Å². The summed E-state index contributed by atoms with van der Waals surface area (Å²) < 4.78 is 24.3. The molecule has 0 saturated carbocycles. The van der Waals surface area contributed by atoms with Gasteiger partial charge in [0, 0.05) is 12.7 Å². The maximum absolute atomic E-state index is 12.1. The minimum absolute atomic E-state index is 0.138. The zero-order valence-electron chi connectivity index (χ0n) is 10.5. The smallest absolute Gasteiger partial charge is 0.218 e. The van der Waals surface area contributed by atoms with E-state index in [2.05, 4.69) is 5.32 Å². The molecule has 0 aliphatic carbocycles. The number of nitrogens with one attached hydrogen (secondary N) is 1. The predicted molar refractivity (Wildman–Crippen MR) is 70.4 cm³/mol. The second-order valence-corrected chi connectivity index (χ2v) is 5.81. The minimum Gasteiger partial charge on any atom is -0.389 e. The quantitative estimate of drug-likeness (QED) is 0.653. The molecule has 0 radical (unpaired) electrons. The Labute approximate surface area is 108 Å². The van der Waals surface area contributed by atoms with Gasteiger partial charge in [-0.05, 0) is 25.5 Å². The molecule has 0 aliphatic heterocycles. The predicted octanol–water partition coefficient (Wildman–Crippen LogP) is 2.13. The lowest BCUT2D eigenvalue weighted by Gasteiger charge is -2.04. The summed E-state index contributed by atoms with van der Waals surface area (Å²) in [5, 5.41) is 11.7. The molecule has 4 nitrogen and oxygen atoms in total. The van der Waals surface area contributed by atoms with Gasteiger partial charge in [-0.2, -0.15) is 5.26 Å². The van der Waals surface area contributed by atoms with Crippen LogP contribution in [0.5, 0.6) is 0 Å². The molecule has 5 heteroatoms. The SMILES string of the molecule is CCCN/C=C(\C#N)S(=O)(=O)c1ccc(C)cc1. The van der Waals surface area contributed by atoms with Crippen LogP contribution in [0.3, 0.4) is 0 Å². The van der Waals surface area contributed by atoms with E-state index in [9.17, 15) is 8.42 Å². The van der Waals surface area contributed by atoms with Crippen molar-refractivity contribution in [3.63, 3.8) is 0 Å². The van der Waals surface area contributed by atoms with E-state index in [-0.39, 0.29) is 9.80 Å². The van der Waals surface area contributed by atoms with Crippen LogP contribution in [0, 0.1) is 18.3 Å². The molecule has 0 heterocycles. The van der Waals surface area contributed by atoms with Gasteiger partial charge in [-0.15, -0.1) is 0 Å². The topological polar surface area (TPSA) is 70.0 Å². The van der Waals surface area contributed by atoms with Gasteiger partial charge in [0.05, 0.1) is 4.90 Å². The lowest BCUT2D eigenvalue weighted by Crippen LogP contribution is -2.11. The minimum atomic E-state index is -3.71. The molecule has 0 unspecified atom stereocenters. The molecule has 18 heavy (non-hydrogen) atoms. The van der Waals surface area contributed by atoms with Crippen molar-refractivity contribution < 1.29 is 8.42 Å². The third-order valence-electron chi connectivity index (χ3n) is 2.36. The van der Waals surface area contributed by atoms with Crippen molar-refractivity contribution in [1.29, 1.82) is 5.26 Å². The summed E-state index contributed by atoms with van der Waals surface area (Å²) in [5.41, 5.74) is 0.973. The number of sulfone groups is 1. The molecule has 0 aromatic heterocycles. The second kappa shape index (κ2) is 6.22. The Morgan fingerprint density at radius 1 is 1.39 bits per heavy atom. The van der Waals surface area contributed by atoms with E-state index in [4.69, 9.17) is 5.26 Å². The molecule has 96 valence electrons. The molecule has 1 aromatic rings. The number of nitriles is 1. The van der Waals surface area contributed by atoms with Crippen molar-refractivity contribution in [3.8, 4) is 6.07 Å². The number of hydrogen-bond donors (Lipinski definition) is 1. The number of aryl methyl sites for hydroxylation is 1. The van der Waals surface area contributed by atoms with Crippen LogP contribution in [0.2, 0.25) is 0 Å². The monoisotopic (exact) mass is 264 g/mol. The van der Waals surface area contributed by atoms with Gasteiger partial charge in [0.15, 0.2) is 4.91 Å². The number of nitrogens with zero attached hydrogens (tertiary/aromatic N) is 1. The summed E-state index contributed by atoms with van der Waals surface area (Å²) in [4.78, 5) is -0.126. The summed E-state index contributed by atoms with van der Waals surface area (Å²) in [5.74, 6) is 0. The average molecular weight is 264 g/mol. The van der Waals surface area contributed by atoms with E-state index < -0.39 is 9.84 Å². The van der Waals surface area contributed by atoms with E-state index in [0.29, 0.717) is 6.54 Å². The largest absolute Gasteiger partial charge is 0.389 e. The number of rotatable bonds is 5. The average Bonchev–Trinajstić information content (AvgIpc) is 2.35. The Hall–Kier alpha value is -1.80. The van der Waals surface area contributed by atoms with Crippen LogP contribution in [0.4, 0.5) is 0 Å². The van der Waals surface area contributed by atoms with Gasteiger partial charge in [0.25, 0.3) is 0 Å². The fourth-order valence-electron chi connectivity index (χ4n) is 1.32. The normalized spacial score (nSPS) is 11.9. The third-order valence-corrected chi connectivity index (χ3v) is 4.04. The number of allylic oxidation sites excluding steroid dienone is 1. The molecule has 0 atom stereocenters. The molecule has 1 aromatic carbocycles. The second-order valence-electron chi connectivity index (χ2n) is 3.89. The Bertz CT molecular complexity index is 566. The van der Waals surface area contributed by atoms with Crippen LogP contribution in [0.25, 0.3) is 0 Å². The molecule has 1 rings (SSSR count). The summed E-state index contributed by atoms with van der Waals surface area (Å²) in [6, 6.07) is 8.16. The van der Waals surface area contributed by atoms with Crippen LogP contribution in [-0.4, -0.2) is 15.0 Å². The summed E-state index contributed by atoms with van der Waals surface area (Å²) in [6.07, 6.45) is 2.12. The molecule has 0 aliphatic rings. The zero-order chi connectivity index (χ0) is 13.6. The van der Waals surface area contributed by atoms with Gasteiger partial charge >= 0.3 is 0 Å². The Morgan fingerprint density at radius 3 is 2.50 bits per heavy atom. The van der Waals surface area contributed by atoms with Crippen LogP contribution in [0.15, 0.2) is 40.3 Å². The van der Waals surface area contributed by atoms with Gasteiger partial charge in [0.2, 0.25) is 9.84 Å². The van der Waals surface area contributed by atoms with Gasteiger partial charge in [-0.3, -0.25) is 0 Å². The maximum Gasteiger partial charge on any atom is 0.218 e. The molecule has 0 bridgehead atoms. The molecule has 0 fully saturated rings. The first-order chi connectivity index (χ1) is 8.52. The van der Waals surface area contributed by atoms with Crippen LogP contribution < -0.4 is 5.32 Å². The fourth-order valence-corrected chi connectivity index (χ4v) is 2.43. The van der Waals surface area contributed by atoms with Crippen molar-refractivity contribution in [2.45, 2.75) is 25.2 Å². The molecular formula is C13H16N2O2S. The summed E-state index contributed by atoms with van der Waals surface area (Å²) >= 11 is 0. The lowest BCUT2D eigenvalue weighted by atomic mass is 10.2. The van der Waals surface area contributed by atoms with E-state index in [0.717, 1.165) is 12.0 Å². The van der Waals surface area contributed by atoms with E-state index >= 15 is 0 Å². The molecular weight excluding hydrogens is 248 g/mol. The van der Waals surface area contributed by atoms with Gasteiger partial charge in [-0.1, -0.05) is 24.6 Å². The van der Waals surface area contributed by atoms with Crippen molar-refractivity contribution in [1.82, 2.24) is 5.32 Å². The zero-order valence-corrected chi connectivity index (χ0v) is 11.3. The third kappa shape index (κ3) is 3.34. The highest BCUT2D eigenvalue weighted by Crippen LogP contribution is 2.18. The summed E-state index contributed by atoms with van der Waals surface area (Å²) in [7, 11) is -3.71. The summed E-state index contributed by atoms with van der Waals surface area (Å²) in [6.45, 7) is 4.47. The van der Waals surface area contributed by atoms with E-state index in [1.807, 2.05) is 13.8 Å². The Morgan fingerprint density at radius 2 is 2.00 bits per heavy atom. The highest BCUT2D eigenvalue weighted by molar-refractivity contribution is 7.95. The van der Waals surface area contributed by atoms with Gasteiger partial charge in [-0.25, -0.2) is 8.42 Å². The van der Waals surface area contributed by atoms with Crippen molar-refractivity contribution in [2.24, 2.45) is 0 Å². The van der Waals surface area contributed by atoms with E-state index in [1.54, 1.807) is 18.2 Å². The molecule has 0 amide bonds. The standard InChI is InChI=1S/C13H16N2O2S/c1-3-8-15-10-13(9-14)18(16,17)12-6-4-11(2)5-7-12/h4-7,10,15H,3,8H2,1-2H3/b13-10+.